The maximum absolute atomic E-state index is 11.8. The van der Waals surface area contributed by atoms with Crippen LogP contribution in [0.5, 0.6) is 0 Å². The highest BCUT2D eigenvalue weighted by Crippen LogP contribution is 2.18. The third-order valence-corrected chi connectivity index (χ3v) is 3.57. The number of carbonyl (C=O) groups is 1. The van der Waals surface area contributed by atoms with Crippen LogP contribution in [0.4, 0.5) is 5.69 Å². The second-order valence-electron chi connectivity index (χ2n) is 5.15. The Morgan fingerprint density at radius 3 is 2.61 bits per heavy atom. The van der Waals surface area contributed by atoms with E-state index in [-0.39, 0.29) is 5.91 Å². The fourth-order valence-electron chi connectivity index (χ4n) is 2.37. The molecule has 0 aliphatic carbocycles. The standard InChI is InChI=1S/C15H22N2O/c1-12-2-5-14(6-3-12)17-15(18)7-4-13-8-10-16-11-9-13/h2-3,5-6,13,16H,4,7-11H2,1H3,(H,17,18). The SMILES string of the molecule is Cc1ccc(NC(=O)CCC2CCNCC2)cc1. The molecule has 2 N–H and O–H groups in total. The summed E-state index contributed by atoms with van der Waals surface area (Å²) in [7, 11) is 0. The minimum atomic E-state index is 0.136. The molecule has 98 valence electrons. The largest absolute Gasteiger partial charge is 0.326 e. The molecule has 1 aromatic rings. The summed E-state index contributed by atoms with van der Waals surface area (Å²) in [5.41, 5.74) is 2.11. The predicted molar refractivity (Wildman–Crippen MR) is 74.6 cm³/mol. The smallest absolute Gasteiger partial charge is 0.224 e. The first-order valence-electron chi connectivity index (χ1n) is 6.81. The average Bonchev–Trinajstić information content (AvgIpc) is 2.40. The van der Waals surface area contributed by atoms with Gasteiger partial charge in [-0.3, -0.25) is 4.79 Å². The number of anilines is 1. The molecule has 1 saturated heterocycles. The second-order valence-corrected chi connectivity index (χ2v) is 5.15. The van der Waals surface area contributed by atoms with Crippen molar-refractivity contribution in [3.63, 3.8) is 0 Å². The lowest BCUT2D eigenvalue weighted by Crippen LogP contribution is -2.28. The molecule has 0 bridgehead atoms. The number of hydrogen-bond acceptors (Lipinski definition) is 2. The van der Waals surface area contributed by atoms with Crippen LogP contribution in [-0.2, 0) is 4.79 Å². The summed E-state index contributed by atoms with van der Waals surface area (Å²) >= 11 is 0. The number of hydrogen-bond donors (Lipinski definition) is 2. The van der Waals surface area contributed by atoms with Gasteiger partial charge in [-0.1, -0.05) is 17.7 Å². The van der Waals surface area contributed by atoms with Crippen molar-refractivity contribution in [1.82, 2.24) is 5.32 Å². The van der Waals surface area contributed by atoms with Crippen LogP contribution in [0.2, 0.25) is 0 Å². The van der Waals surface area contributed by atoms with E-state index in [2.05, 4.69) is 10.6 Å². The van der Waals surface area contributed by atoms with Gasteiger partial charge in [0.15, 0.2) is 0 Å². The Kier molecular flexibility index (Phi) is 4.76. The minimum absolute atomic E-state index is 0.136. The number of benzene rings is 1. The van der Waals surface area contributed by atoms with Crippen LogP contribution in [0.3, 0.4) is 0 Å². The maximum atomic E-state index is 11.8. The molecule has 0 unspecified atom stereocenters. The van der Waals surface area contributed by atoms with Crippen LogP contribution >= 0.6 is 0 Å². The zero-order valence-corrected chi connectivity index (χ0v) is 11.0. The number of rotatable bonds is 4. The zero-order chi connectivity index (χ0) is 12.8. The molecule has 1 aromatic carbocycles. The number of aryl methyl sites for hydroxylation is 1. The average molecular weight is 246 g/mol. The van der Waals surface area contributed by atoms with Crippen LogP contribution in [0.1, 0.15) is 31.2 Å². The van der Waals surface area contributed by atoms with Gasteiger partial charge in [0.2, 0.25) is 5.91 Å². The van der Waals surface area contributed by atoms with Crippen molar-refractivity contribution < 1.29 is 4.79 Å². The van der Waals surface area contributed by atoms with Gasteiger partial charge < -0.3 is 10.6 Å². The van der Waals surface area contributed by atoms with Crippen molar-refractivity contribution in [1.29, 1.82) is 0 Å². The van der Waals surface area contributed by atoms with E-state index < -0.39 is 0 Å². The Hall–Kier alpha value is -1.35. The van der Waals surface area contributed by atoms with Crippen LogP contribution in [0.15, 0.2) is 24.3 Å². The van der Waals surface area contributed by atoms with Gasteiger partial charge >= 0.3 is 0 Å². The molecular weight excluding hydrogens is 224 g/mol. The van der Waals surface area contributed by atoms with Gasteiger partial charge in [-0.15, -0.1) is 0 Å². The molecule has 1 aliphatic heterocycles. The van der Waals surface area contributed by atoms with Gasteiger partial charge in [0.05, 0.1) is 0 Å². The summed E-state index contributed by atoms with van der Waals surface area (Å²) in [4.78, 5) is 11.8. The van der Waals surface area contributed by atoms with Crippen molar-refractivity contribution in [2.24, 2.45) is 5.92 Å². The van der Waals surface area contributed by atoms with E-state index in [1.54, 1.807) is 0 Å². The Morgan fingerprint density at radius 2 is 1.94 bits per heavy atom. The molecule has 1 fully saturated rings. The monoisotopic (exact) mass is 246 g/mol. The van der Waals surface area contributed by atoms with Crippen LogP contribution in [-0.4, -0.2) is 19.0 Å². The molecule has 0 saturated carbocycles. The molecule has 1 amide bonds. The molecule has 1 heterocycles. The molecule has 0 atom stereocenters. The molecule has 18 heavy (non-hydrogen) atoms. The van der Waals surface area contributed by atoms with Crippen molar-refractivity contribution in [3.05, 3.63) is 29.8 Å². The van der Waals surface area contributed by atoms with Crippen LogP contribution in [0, 0.1) is 12.8 Å². The van der Waals surface area contributed by atoms with Crippen LogP contribution in [0.25, 0.3) is 0 Å². The summed E-state index contributed by atoms with van der Waals surface area (Å²) in [5.74, 6) is 0.854. The number of carbonyl (C=O) groups excluding carboxylic acids is 1. The summed E-state index contributed by atoms with van der Waals surface area (Å²) in [6, 6.07) is 7.94. The Bertz CT molecular complexity index is 380. The van der Waals surface area contributed by atoms with E-state index in [0.29, 0.717) is 6.42 Å². The first kappa shape index (κ1) is 13.1. The van der Waals surface area contributed by atoms with E-state index in [1.165, 1.54) is 18.4 Å². The lowest BCUT2D eigenvalue weighted by atomic mass is 9.93. The quantitative estimate of drug-likeness (QED) is 0.857. The fourth-order valence-corrected chi connectivity index (χ4v) is 2.37. The van der Waals surface area contributed by atoms with E-state index in [4.69, 9.17) is 0 Å². The number of nitrogens with one attached hydrogen (secondary N) is 2. The van der Waals surface area contributed by atoms with Gasteiger partial charge in [0.1, 0.15) is 0 Å². The van der Waals surface area contributed by atoms with Gasteiger partial charge in [0.25, 0.3) is 0 Å². The summed E-state index contributed by atoms with van der Waals surface area (Å²) < 4.78 is 0. The number of piperidine rings is 1. The maximum Gasteiger partial charge on any atom is 0.224 e. The Morgan fingerprint density at radius 1 is 1.28 bits per heavy atom. The molecule has 2 rings (SSSR count). The lowest BCUT2D eigenvalue weighted by Gasteiger charge is -2.22. The molecule has 3 heteroatoms. The highest BCUT2D eigenvalue weighted by atomic mass is 16.1. The predicted octanol–water partition coefficient (Wildman–Crippen LogP) is 2.71. The zero-order valence-electron chi connectivity index (χ0n) is 11.0. The van der Waals surface area contributed by atoms with Crippen molar-refractivity contribution in [2.75, 3.05) is 18.4 Å². The van der Waals surface area contributed by atoms with E-state index in [0.717, 1.165) is 31.1 Å². The first-order chi connectivity index (χ1) is 8.74. The van der Waals surface area contributed by atoms with E-state index >= 15 is 0 Å². The highest BCUT2D eigenvalue weighted by molar-refractivity contribution is 5.90. The topological polar surface area (TPSA) is 41.1 Å². The van der Waals surface area contributed by atoms with Crippen molar-refractivity contribution in [3.8, 4) is 0 Å². The molecule has 0 aromatic heterocycles. The molecule has 1 aliphatic rings. The fraction of sp³-hybridized carbons (Fsp3) is 0.533. The molecular formula is C15H22N2O. The summed E-state index contributed by atoms with van der Waals surface area (Å²) in [6.45, 7) is 4.25. The number of amides is 1. The molecule has 3 nitrogen and oxygen atoms in total. The van der Waals surface area contributed by atoms with Crippen LogP contribution < -0.4 is 10.6 Å². The lowest BCUT2D eigenvalue weighted by molar-refractivity contribution is -0.116. The minimum Gasteiger partial charge on any atom is -0.326 e. The van der Waals surface area contributed by atoms with E-state index in [1.807, 2.05) is 31.2 Å². The summed E-state index contributed by atoms with van der Waals surface area (Å²) in [6.07, 6.45) is 4.06. The normalized spacial score (nSPS) is 16.5. The first-order valence-corrected chi connectivity index (χ1v) is 6.81. The van der Waals surface area contributed by atoms with Crippen molar-refractivity contribution in [2.45, 2.75) is 32.6 Å². The second kappa shape index (κ2) is 6.55. The highest BCUT2D eigenvalue weighted by Gasteiger charge is 2.14. The van der Waals surface area contributed by atoms with Gasteiger partial charge in [-0.2, -0.15) is 0 Å². The summed E-state index contributed by atoms with van der Waals surface area (Å²) in [5, 5.41) is 6.30. The van der Waals surface area contributed by atoms with Crippen molar-refractivity contribution >= 4 is 11.6 Å². The third-order valence-electron chi connectivity index (χ3n) is 3.57. The van der Waals surface area contributed by atoms with Gasteiger partial charge in [0, 0.05) is 12.1 Å². The Balaban J connectivity index is 1.73. The Labute approximate surface area is 109 Å². The molecule has 0 radical (unpaired) electrons. The van der Waals surface area contributed by atoms with E-state index in [9.17, 15) is 4.79 Å². The molecule has 0 spiro atoms. The van der Waals surface area contributed by atoms with Gasteiger partial charge in [-0.05, 0) is 57.3 Å². The third kappa shape index (κ3) is 4.15. The van der Waals surface area contributed by atoms with Gasteiger partial charge in [-0.25, -0.2) is 0 Å².